The summed E-state index contributed by atoms with van der Waals surface area (Å²) in [6.07, 6.45) is 0. The van der Waals surface area contributed by atoms with E-state index in [4.69, 9.17) is 5.73 Å². The molecule has 0 saturated heterocycles. The Kier molecular flexibility index (Phi) is 4.41. The van der Waals surface area contributed by atoms with Crippen LogP contribution >= 0.6 is 0 Å². The highest BCUT2D eigenvalue weighted by Gasteiger charge is 2.24. The summed E-state index contributed by atoms with van der Waals surface area (Å²) in [6, 6.07) is -2.52. The fourth-order valence-corrected chi connectivity index (χ4v) is 0.552. The first-order valence-corrected chi connectivity index (χ1v) is 3.17. The van der Waals surface area contributed by atoms with Gasteiger partial charge in [-0.3, -0.25) is 14.9 Å². The van der Waals surface area contributed by atoms with Crippen LogP contribution in [-0.2, 0) is 14.4 Å². The van der Waals surface area contributed by atoms with Crippen molar-refractivity contribution in [3.63, 3.8) is 0 Å². The van der Waals surface area contributed by atoms with Gasteiger partial charge in [0.1, 0.15) is 0 Å². The minimum absolute atomic E-state index is 0.971. The number of imide groups is 1. The maximum absolute atomic E-state index is 10.9. The van der Waals surface area contributed by atoms with Gasteiger partial charge in [0.2, 0.25) is 5.91 Å². The van der Waals surface area contributed by atoms with Crippen LogP contribution in [0.2, 0.25) is 0 Å². The molecule has 0 bridgehead atoms. The van der Waals surface area contributed by atoms with E-state index in [1.807, 2.05) is 5.48 Å². The van der Waals surface area contributed by atoms with Gasteiger partial charge in [-0.25, -0.2) is 4.79 Å². The van der Waals surface area contributed by atoms with E-state index in [1.165, 1.54) is 7.11 Å². The number of rotatable bonds is 4. The largest absolute Gasteiger partial charge is 0.368 e. The summed E-state index contributed by atoms with van der Waals surface area (Å²) >= 11 is 0. The molecule has 8 nitrogen and oxygen atoms in total. The van der Waals surface area contributed by atoms with E-state index in [2.05, 4.69) is 10.6 Å². The predicted octanol–water partition coefficient (Wildman–Crippen LogP) is -2.81. The quantitative estimate of drug-likeness (QED) is 0.280. The Morgan fingerprint density at radius 3 is 2.15 bits per heavy atom. The summed E-state index contributed by atoms with van der Waals surface area (Å²) in [5, 5.41) is 1.67. The third-order valence-electron chi connectivity index (χ3n) is 1.03. The molecule has 8 heteroatoms. The first-order chi connectivity index (χ1) is 5.99. The van der Waals surface area contributed by atoms with Crippen LogP contribution in [0.5, 0.6) is 0 Å². The molecule has 0 aromatic heterocycles. The molecule has 0 radical (unpaired) electrons. The second kappa shape index (κ2) is 5.06. The number of hydroxylamine groups is 1. The molecule has 0 aliphatic heterocycles. The SMILES string of the molecule is CON[C@H](C(N)=O)C(=O)NC(N)=O. The zero-order chi connectivity index (χ0) is 10.4. The van der Waals surface area contributed by atoms with Gasteiger partial charge in [-0.05, 0) is 0 Å². The summed E-state index contributed by atoms with van der Waals surface area (Å²) < 4.78 is 0. The zero-order valence-electron chi connectivity index (χ0n) is 6.87. The smallest absolute Gasteiger partial charge is 0.318 e. The average molecular weight is 190 g/mol. The van der Waals surface area contributed by atoms with Crippen LogP contribution in [0.3, 0.4) is 0 Å². The van der Waals surface area contributed by atoms with Gasteiger partial charge in [-0.1, -0.05) is 0 Å². The molecule has 0 saturated carbocycles. The number of amides is 4. The van der Waals surface area contributed by atoms with E-state index >= 15 is 0 Å². The van der Waals surface area contributed by atoms with Crippen molar-refractivity contribution in [1.29, 1.82) is 0 Å². The van der Waals surface area contributed by atoms with Crippen molar-refractivity contribution in [1.82, 2.24) is 10.8 Å². The summed E-state index contributed by atoms with van der Waals surface area (Å²) in [7, 11) is 1.19. The number of hydrogen-bond donors (Lipinski definition) is 4. The van der Waals surface area contributed by atoms with E-state index in [0.29, 0.717) is 0 Å². The molecule has 4 amide bonds. The summed E-state index contributed by atoms with van der Waals surface area (Å²) in [5.41, 5.74) is 11.4. The monoisotopic (exact) mass is 190 g/mol. The molecule has 13 heavy (non-hydrogen) atoms. The molecule has 6 N–H and O–H groups in total. The maximum atomic E-state index is 10.9. The van der Waals surface area contributed by atoms with Crippen molar-refractivity contribution in [3.05, 3.63) is 0 Å². The molecule has 1 atom stereocenters. The van der Waals surface area contributed by atoms with Crippen molar-refractivity contribution in [2.24, 2.45) is 11.5 Å². The van der Waals surface area contributed by atoms with E-state index in [1.54, 1.807) is 5.32 Å². The average Bonchev–Trinajstić information content (AvgIpc) is 1.97. The molecule has 0 fully saturated rings. The molecule has 0 rings (SSSR count). The Labute approximate surface area is 73.5 Å². The topological polar surface area (TPSA) is 137 Å². The highest BCUT2D eigenvalue weighted by atomic mass is 16.6. The predicted molar refractivity (Wildman–Crippen MR) is 40.9 cm³/mol. The fraction of sp³-hybridized carbons (Fsp3) is 0.400. The number of urea groups is 1. The van der Waals surface area contributed by atoms with E-state index < -0.39 is 23.9 Å². The van der Waals surface area contributed by atoms with Gasteiger partial charge >= 0.3 is 6.03 Å². The number of nitrogens with one attached hydrogen (secondary N) is 2. The number of primary amides is 2. The van der Waals surface area contributed by atoms with Crippen LogP contribution < -0.4 is 22.3 Å². The Morgan fingerprint density at radius 2 is 1.85 bits per heavy atom. The second-order valence-electron chi connectivity index (χ2n) is 2.01. The zero-order valence-corrected chi connectivity index (χ0v) is 6.87. The molecule has 0 aliphatic rings. The highest BCUT2D eigenvalue weighted by molar-refractivity contribution is 6.08. The lowest BCUT2D eigenvalue weighted by Crippen LogP contribution is -2.53. The standard InChI is InChI=1S/C5H10N4O4/c1-13-9-2(3(6)10)4(11)8-5(7)12/h2,9H,1H3,(H2,6,10)(H3,7,8,11,12)/t2-/m1/s1. The minimum Gasteiger partial charge on any atom is -0.368 e. The lowest BCUT2D eigenvalue weighted by molar-refractivity contribution is -0.134. The molecule has 0 heterocycles. The van der Waals surface area contributed by atoms with Gasteiger partial charge in [0.25, 0.3) is 5.91 Å². The van der Waals surface area contributed by atoms with E-state index in [-0.39, 0.29) is 0 Å². The molecule has 0 aliphatic carbocycles. The lowest BCUT2D eigenvalue weighted by Gasteiger charge is -2.11. The molecular formula is C5H10N4O4. The number of carbonyl (C=O) groups is 3. The van der Waals surface area contributed by atoms with E-state index in [0.717, 1.165) is 0 Å². The van der Waals surface area contributed by atoms with Gasteiger partial charge in [0, 0.05) is 0 Å². The van der Waals surface area contributed by atoms with Crippen molar-refractivity contribution in [2.45, 2.75) is 6.04 Å². The van der Waals surface area contributed by atoms with Gasteiger partial charge in [0.15, 0.2) is 6.04 Å². The first-order valence-electron chi connectivity index (χ1n) is 3.17. The van der Waals surface area contributed by atoms with Crippen LogP contribution in [-0.4, -0.2) is 31.0 Å². The van der Waals surface area contributed by atoms with Crippen molar-refractivity contribution in [2.75, 3.05) is 7.11 Å². The fourth-order valence-electron chi connectivity index (χ4n) is 0.552. The molecular weight excluding hydrogens is 180 g/mol. The van der Waals surface area contributed by atoms with Gasteiger partial charge in [-0.15, -0.1) is 0 Å². The van der Waals surface area contributed by atoms with E-state index in [9.17, 15) is 14.4 Å². The Balaban J connectivity index is 4.28. The van der Waals surface area contributed by atoms with Crippen LogP contribution in [0.4, 0.5) is 4.79 Å². The van der Waals surface area contributed by atoms with Gasteiger partial charge < -0.3 is 16.3 Å². The maximum Gasteiger partial charge on any atom is 0.318 e. The molecule has 0 aromatic rings. The molecule has 0 unspecified atom stereocenters. The number of carbonyl (C=O) groups excluding carboxylic acids is 3. The first kappa shape index (κ1) is 11.3. The summed E-state index contributed by atoms with van der Waals surface area (Å²) in [4.78, 5) is 36.0. The Hall–Kier alpha value is -1.67. The number of nitrogens with two attached hydrogens (primary N) is 2. The van der Waals surface area contributed by atoms with Crippen LogP contribution in [0, 0.1) is 0 Å². The van der Waals surface area contributed by atoms with Crippen molar-refractivity contribution >= 4 is 17.8 Å². The van der Waals surface area contributed by atoms with Crippen molar-refractivity contribution in [3.8, 4) is 0 Å². The van der Waals surface area contributed by atoms with Gasteiger partial charge in [0.05, 0.1) is 7.11 Å². The normalized spacial score (nSPS) is 11.8. The van der Waals surface area contributed by atoms with Crippen LogP contribution in [0.15, 0.2) is 0 Å². The van der Waals surface area contributed by atoms with Crippen molar-refractivity contribution < 1.29 is 19.2 Å². The molecule has 0 aromatic carbocycles. The Morgan fingerprint density at radius 1 is 1.31 bits per heavy atom. The third kappa shape index (κ3) is 4.03. The minimum atomic E-state index is -1.45. The Bertz CT molecular complexity index is 229. The number of hydrogen-bond acceptors (Lipinski definition) is 5. The molecule has 0 spiro atoms. The second-order valence-corrected chi connectivity index (χ2v) is 2.01. The summed E-state index contributed by atoms with van der Waals surface area (Å²) in [6.45, 7) is 0. The third-order valence-corrected chi connectivity index (χ3v) is 1.03. The lowest BCUT2D eigenvalue weighted by atomic mass is 10.3. The highest BCUT2D eigenvalue weighted by Crippen LogP contribution is 1.82. The summed E-state index contributed by atoms with van der Waals surface area (Å²) in [5.74, 6) is -1.96. The molecule has 74 valence electrons. The van der Waals surface area contributed by atoms with Gasteiger partial charge in [-0.2, -0.15) is 5.48 Å². The van der Waals surface area contributed by atoms with Crippen LogP contribution in [0.25, 0.3) is 0 Å². The van der Waals surface area contributed by atoms with Crippen LogP contribution in [0.1, 0.15) is 0 Å².